The summed E-state index contributed by atoms with van der Waals surface area (Å²) < 4.78 is 11.3. The Morgan fingerprint density at radius 2 is 2.20 bits per heavy atom. The molecule has 1 aromatic heterocycles. The van der Waals surface area contributed by atoms with E-state index in [0.29, 0.717) is 9.79 Å². The Hall–Kier alpha value is -1.11. The minimum absolute atomic E-state index is 0.555. The highest BCUT2D eigenvalue weighted by Gasteiger charge is 2.14. The molecular weight excluding hydrogens is 307 g/mol. The van der Waals surface area contributed by atoms with E-state index in [1.165, 1.54) is 5.56 Å². The molecule has 2 heterocycles. The Kier molecular flexibility index (Phi) is 2.12. The van der Waals surface area contributed by atoms with E-state index in [4.69, 9.17) is 9.15 Å². The number of hydrogen-bond donors (Lipinski definition) is 0. The molecular formula is C10H7IN2O2. The third-order valence-electron chi connectivity index (χ3n) is 2.34. The fourth-order valence-electron chi connectivity index (χ4n) is 1.64. The van der Waals surface area contributed by atoms with Crippen LogP contribution in [0.1, 0.15) is 5.56 Å². The van der Waals surface area contributed by atoms with Gasteiger partial charge in [-0.3, -0.25) is 0 Å². The van der Waals surface area contributed by atoms with Crippen molar-refractivity contribution in [2.24, 2.45) is 0 Å². The van der Waals surface area contributed by atoms with Gasteiger partial charge in [-0.1, -0.05) is 0 Å². The standard InChI is InChI=1S/C10H7IN2O2/c11-10-13-12-9(15-10)7-1-2-8-6(5-7)3-4-14-8/h1-2,5H,3-4H2. The van der Waals surface area contributed by atoms with Crippen molar-refractivity contribution in [1.82, 2.24) is 10.2 Å². The summed E-state index contributed by atoms with van der Waals surface area (Å²) >= 11 is 2.00. The molecule has 76 valence electrons. The number of ether oxygens (including phenoxy) is 1. The normalized spacial score (nSPS) is 13.7. The van der Waals surface area contributed by atoms with Crippen molar-refractivity contribution in [3.05, 3.63) is 27.7 Å². The molecule has 0 aliphatic carbocycles. The fraction of sp³-hybridized carbons (Fsp3) is 0.200. The molecule has 4 nitrogen and oxygen atoms in total. The number of rotatable bonds is 1. The maximum atomic E-state index is 5.43. The Morgan fingerprint density at radius 3 is 3.00 bits per heavy atom. The first-order chi connectivity index (χ1) is 7.33. The molecule has 0 N–H and O–H groups in total. The van der Waals surface area contributed by atoms with Crippen LogP contribution in [0, 0.1) is 3.90 Å². The molecule has 15 heavy (non-hydrogen) atoms. The van der Waals surface area contributed by atoms with E-state index >= 15 is 0 Å². The van der Waals surface area contributed by atoms with Crippen molar-refractivity contribution in [3.63, 3.8) is 0 Å². The first-order valence-corrected chi connectivity index (χ1v) is 5.66. The number of nitrogens with zero attached hydrogens (tertiary/aromatic N) is 2. The molecule has 1 aliphatic heterocycles. The van der Waals surface area contributed by atoms with Gasteiger partial charge in [-0.05, 0) is 23.8 Å². The summed E-state index contributed by atoms with van der Waals surface area (Å²) in [7, 11) is 0. The smallest absolute Gasteiger partial charge is 0.278 e. The molecule has 0 atom stereocenters. The molecule has 5 heteroatoms. The summed E-state index contributed by atoms with van der Waals surface area (Å²) in [5, 5.41) is 7.77. The maximum Gasteiger partial charge on any atom is 0.278 e. The quantitative estimate of drug-likeness (QED) is 0.758. The van der Waals surface area contributed by atoms with Crippen LogP contribution in [0.4, 0.5) is 0 Å². The number of fused-ring (bicyclic) bond motifs is 1. The second-order valence-corrected chi connectivity index (χ2v) is 4.20. The number of aromatic nitrogens is 2. The molecule has 1 aliphatic rings. The SMILES string of the molecule is Ic1nnc(-c2ccc3c(c2)CCO3)o1. The molecule has 0 fully saturated rings. The lowest BCUT2D eigenvalue weighted by molar-refractivity contribution is 0.357. The van der Waals surface area contributed by atoms with Crippen molar-refractivity contribution in [2.75, 3.05) is 6.61 Å². The summed E-state index contributed by atoms with van der Waals surface area (Å²) in [5.74, 6) is 1.53. The second-order valence-electron chi connectivity index (χ2n) is 3.28. The zero-order valence-electron chi connectivity index (χ0n) is 7.74. The van der Waals surface area contributed by atoms with E-state index in [1.807, 2.05) is 40.8 Å². The van der Waals surface area contributed by atoms with Crippen LogP contribution in [0.15, 0.2) is 22.6 Å². The van der Waals surface area contributed by atoms with Crippen molar-refractivity contribution < 1.29 is 9.15 Å². The van der Waals surface area contributed by atoms with Crippen molar-refractivity contribution in [3.8, 4) is 17.2 Å². The summed E-state index contributed by atoms with van der Waals surface area (Å²) in [5.41, 5.74) is 2.16. The Morgan fingerprint density at radius 1 is 1.27 bits per heavy atom. The zero-order chi connectivity index (χ0) is 10.3. The summed E-state index contributed by atoms with van der Waals surface area (Å²) in [4.78, 5) is 0. The highest BCUT2D eigenvalue weighted by molar-refractivity contribution is 14.1. The van der Waals surface area contributed by atoms with E-state index in [1.54, 1.807) is 0 Å². The van der Waals surface area contributed by atoms with Crippen LogP contribution in [0.3, 0.4) is 0 Å². The van der Waals surface area contributed by atoms with E-state index in [0.717, 1.165) is 24.3 Å². The predicted octanol–water partition coefficient (Wildman–Crippen LogP) is 2.28. The van der Waals surface area contributed by atoms with Gasteiger partial charge in [-0.2, -0.15) is 0 Å². The Balaban J connectivity index is 2.06. The van der Waals surface area contributed by atoms with Gasteiger partial charge in [0.05, 0.1) is 6.61 Å². The molecule has 2 aromatic rings. The van der Waals surface area contributed by atoms with Gasteiger partial charge in [0.15, 0.2) is 0 Å². The van der Waals surface area contributed by atoms with Gasteiger partial charge in [0.2, 0.25) is 5.89 Å². The monoisotopic (exact) mass is 314 g/mol. The van der Waals surface area contributed by atoms with E-state index in [2.05, 4.69) is 10.2 Å². The minimum atomic E-state index is 0.555. The van der Waals surface area contributed by atoms with Gasteiger partial charge < -0.3 is 9.15 Å². The average Bonchev–Trinajstić information content (AvgIpc) is 2.84. The third-order valence-corrected chi connectivity index (χ3v) is 2.77. The number of benzene rings is 1. The van der Waals surface area contributed by atoms with E-state index < -0.39 is 0 Å². The summed E-state index contributed by atoms with van der Waals surface area (Å²) in [6.07, 6.45) is 0.953. The lowest BCUT2D eigenvalue weighted by Gasteiger charge is -1.99. The molecule has 0 bridgehead atoms. The van der Waals surface area contributed by atoms with Crippen LogP contribution in [-0.2, 0) is 6.42 Å². The first-order valence-electron chi connectivity index (χ1n) is 4.58. The molecule has 0 saturated heterocycles. The van der Waals surface area contributed by atoms with Crippen LogP contribution < -0.4 is 4.74 Å². The van der Waals surface area contributed by atoms with E-state index in [9.17, 15) is 0 Å². The lowest BCUT2D eigenvalue weighted by atomic mass is 10.1. The van der Waals surface area contributed by atoms with Gasteiger partial charge >= 0.3 is 0 Å². The maximum absolute atomic E-state index is 5.43. The van der Waals surface area contributed by atoms with Crippen molar-refractivity contribution in [1.29, 1.82) is 0 Å². The Bertz CT molecular complexity index is 510. The molecule has 3 rings (SSSR count). The molecule has 0 unspecified atom stereocenters. The minimum Gasteiger partial charge on any atom is -0.493 e. The molecule has 0 spiro atoms. The van der Waals surface area contributed by atoms with Crippen LogP contribution in [-0.4, -0.2) is 16.8 Å². The fourth-order valence-corrected chi connectivity index (χ4v) is 1.96. The highest BCUT2D eigenvalue weighted by atomic mass is 127. The van der Waals surface area contributed by atoms with E-state index in [-0.39, 0.29) is 0 Å². The van der Waals surface area contributed by atoms with Crippen LogP contribution >= 0.6 is 22.6 Å². The van der Waals surface area contributed by atoms with Gasteiger partial charge in [0, 0.05) is 34.6 Å². The topological polar surface area (TPSA) is 48.2 Å². The predicted molar refractivity (Wildman–Crippen MR) is 61.7 cm³/mol. The second kappa shape index (κ2) is 3.48. The molecule has 0 radical (unpaired) electrons. The molecule has 0 amide bonds. The molecule has 1 aromatic carbocycles. The lowest BCUT2D eigenvalue weighted by Crippen LogP contribution is -1.85. The number of hydrogen-bond acceptors (Lipinski definition) is 4. The highest BCUT2D eigenvalue weighted by Crippen LogP contribution is 2.29. The van der Waals surface area contributed by atoms with Crippen molar-refractivity contribution >= 4 is 22.6 Å². The summed E-state index contributed by atoms with van der Waals surface area (Å²) in [6, 6.07) is 5.94. The largest absolute Gasteiger partial charge is 0.493 e. The van der Waals surface area contributed by atoms with Gasteiger partial charge in [0.1, 0.15) is 5.75 Å². The van der Waals surface area contributed by atoms with Crippen LogP contribution in [0.2, 0.25) is 0 Å². The van der Waals surface area contributed by atoms with Crippen LogP contribution in [0.5, 0.6) is 5.75 Å². The average molecular weight is 314 g/mol. The summed E-state index contributed by atoms with van der Waals surface area (Å²) in [6.45, 7) is 0.764. The third kappa shape index (κ3) is 1.60. The van der Waals surface area contributed by atoms with Gasteiger partial charge in [-0.25, -0.2) is 0 Å². The first kappa shape index (κ1) is 9.14. The Labute approximate surface area is 99.8 Å². The van der Waals surface area contributed by atoms with Crippen LogP contribution in [0.25, 0.3) is 11.5 Å². The molecule has 0 saturated carbocycles. The zero-order valence-corrected chi connectivity index (χ0v) is 9.89. The van der Waals surface area contributed by atoms with Gasteiger partial charge in [-0.15, -0.1) is 10.2 Å². The van der Waals surface area contributed by atoms with Crippen molar-refractivity contribution in [2.45, 2.75) is 6.42 Å². The van der Waals surface area contributed by atoms with Gasteiger partial charge in [0.25, 0.3) is 3.90 Å². The number of halogens is 1.